The second-order valence-corrected chi connectivity index (χ2v) is 6.79. The Hall–Kier alpha value is -2.83. The summed E-state index contributed by atoms with van der Waals surface area (Å²) in [5, 5.41) is 4.68. The highest BCUT2D eigenvalue weighted by Crippen LogP contribution is 2.54. The third-order valence-electron chi connectivity index (χ3n) is 5.06. The highest BCUT2D eigenvalue weighted by Gasteiger charge is 2.45. The molecule has 1 saturated carbocycles. The normalized spacial score (nSPS) is 19.8. The molecule has 25 heavy (non-hydrogen) atoms. The average Bonchev–Trinajstić information content (AvgIpc) is 3.12. The van der Waals surface area contributed by atoms with Crippen LogP contribution in [0.15, 0.2) is 24.5 Å². The van der Waals surface area contributed by atoms with Crippen molar-refractivity contribution < 1.29 is 4.39 Å². The number of hydrogen-bond acceptors (Lipinski definition) is 4. The van der Waals surface area contributed by atoms with Crippen molar-refractivity contribution in [2.75, 3.05) is 0 Å². The number of aromatic nitrogens is 6. The van der Waals surface area contributed by atoms with Crippen molar-refractivity contribution >= 4 is 11.3 Å². The molecule has 0 aliphatic heterocycles. The third kappa shape index (κ3) is 2.08. The molecular formula is C18H17FN6. The Morgan fingerprint density at radius 2 is 2.00 bits per heavy atom. The van der Waals surface area contributed by atoms with E-state index in [0.717, 1.165) is 40.7 Å². The molecule has 0 spiro atoms. The first kappa shape index (κ1) is 14.5. The van der Waals surface area contributed by atoms with Gasteiger partial charge in [-0.1, -0.05) is 0 Å². The van der Waals surface area contributed by atoms with E-state index in [-0.39, 0.29) is 17.7 Å². The van der Waals surface area contributed by atoms with E-state index in [1.165, 1.54) is 12.1 Å². The molecular weight excluding hydrogens is 319 g/mol. The quantitative estimate of drug-likeness (QED) is 0.564. The average molecular weight is 336 g/mol. The molecule has 4 aromatic rings. The summed E-state index contributed by atoms with van der Waals surface area (Å²) in [7, 11) is 0. The molecule has 0 saturated heterocycles. The number of pyridine rings is 1. The Bertz CT molecular complexity index is 1100. The summed E-state index contributed by atoms with van der Waals surface area (Å²) in [5.41, 5.74) is 5.38. The number of imidazole rings is 1. The van der Waals surface area contributed by atoms with E-state index in [1.807, 2.05) is 35.9 Å². The van der Waals surface area contributed by atoms with Crippen molar-refractivity contribution in [1.29, 1.82) is 0 Å². The van der Waals surface area contributed by atoms with Crippen LogP contribution >= 0.6 is 0 Å². The Balaban J connectivity index is 1.54. The summed E-state index contributed by atoms with van der Waals surface area (Å²) in [6.07, 6.45) is 4.51. The Labute approximate surface area is 143 Å². The Morgan fingerprint density at radius 1 is 1.16 bits per heavy atom. The van der Waals surface area contributed by atoms with Gasteiger partial charge in [0.2, 0.25) is 0 Å². The van der Waals surface area contributed by atoms with Crippen LogP contribution in [0.2, 0.25) is 0 Å². The minimum atomic E-state index is -0.267. The minimum absolute atomic E-state index is 0.257. The lowest BCUT2D eigenvalue weighted by Crippen LogP contribution is -1.97. The summed E-state index contributed by atoms with van der Waals surface area (Å²) < 4.78 is 17.2. The second kappa shape index (κ2) is 4.84. The smallest absolute Gasteiger partial charge is 0.177 e. The third-order valence-corrected chi connectivity index (χ3v) is 5.06. The molecule has 0 N–H and O–H groups in total. The van der Waals surface area contributed by atoms with Gasteiger partial charge in [0, 0.05) is 36.0 Å². The first-order chi connectivity index (χ1) is 12.0. The van der Waals surface area contributed by atoms with Crippen LogP contribution < -0.4 is 0 Å². The molecule has 0 amide bonds. The second-order valence-electron chi connectivity index (χ2n) is 6.79. The van der Waals surface area contributed by atoms with Gasteiger partial charge in [0.05, 0.1) is 17.1 Å². The van der Waals surface area contributed by atoms with E-state index in [9.17, 15) is 4.39 Å². The number of halogens is 1. The zero-order valence-corrected chi connectivity index (χ0v) is 14.2. The van der Waals surface area contributed by atoms with Gasteiger partial charge in [0.25, 0.3) is 0 Å². The summed E-state index contributed by atoms with van der Waals surface area (Å²) in [5.74, 6) is 1.12. The lowest BCUT2D eigenvalue weighted by molar-refractivity contribution is 0.626. The number of nitrogens with zero attached hydrogens (tertiary/aromatic N) is 6. The van der Waals surface area contributed by atoms with E-state index >= 15 is 0 Å². The summed E-state index contributed by atoms with van der Waals surface area (Å²) in [6.45, 7) is 5.94. The van der Waals surface area contributed by atoms with Gasteiger partial charge >= 0.3 is 0 Å². The van der Waals surface area contributed by atoms with Crippen molar-refractivity contribution in [3.8, 4) is 0 Å². The standard InChI is InChI=1S/C18H17FN6/c1-9-8-20-10(2)18-22-17(23-25(9)18)14-7-13(14)16-11(3)24-5-4-12(19)6-15(24)21-16/h4-6,8,13-14H,7H2,1-3H3/t13-,14-/m1/s1. The molecule has 126 valence electrons. The minimum Gasteiger partial charge on any atom is -0.304 e. The van der Waals surface area contributed by atoms with Gasteiger partial charge in [-0.25, -0.2) is 18.9 Å². The van der Waals surface area contributed by atoms with Crippen molar-refractivity contribution in [3.05, 3.63) is 58.9 Å². The predicted octanol–water partition coefficient (Wildman–Crippen LogP) is 3.11. The fraction of sp³-hybridized carbons (Fsp3) is 0.333. The van der Waals surface area contributed by atoms with Crippen molar-refractivity contribution in [3.63, 3.8) is 0 Å². The van der Waals surface area contributed by atoms with Crippen LogP contribution in [-0.4, -0.2) is 29.0 Å². The van der Waals surface area contributed by atoms with Gasteiger partial charge in [-0.3, -0.25) is 4.98 Å². The van der Waals surface area contributed by atoms with Crippen LogP contribution in [0.3, 0.4) is 0 Å². The molecule has 4 heterocycles. The van der Waals surface area contributed by atoms with Gasteiger partial charge in [0.15, 0.2) is 11.5 Å². The topological polar surface area (TPSA) is 60.4 Å². The molecule has 1 aliphatic rings. The highest BCUT2D eigenvalue weighted by atomic mass is 19.1. The summed E-state index contributed by atoms with van der Waals surface area (Å²) >= 11 is 0. The van der Waals surface area contributed by atoms with Crippen LogP contribution in [0.4, 0.5) is 4.39 Å². The fourth-order valence-corrected chi connectivity index (χ4v) is 3.56. The Morgan fingerprint density at radius 3 is 2.80 bits per heavy atom. The molecule has 0 aromatic carbocycles. The first-order valence-electron chi connectivity index (χ1n) is 8.36. The van der Waals surface area contributed by atoms with Crippen LogP contribution in [-0.2, 0) is 0 Å². The summed E-state index contributed by atoms with van der Waals surface area (Å²) in [4.78, 5) is 13.7. The summed E-state index contributed by atoms with van der Waals surface area (Å²) in [6, 6.07) is 2.92. The van der Waals surface area contributed by atoms with Gasteiger partial charge in [-0.2, -0.15) is 5.10 Å². The molecule has 1 aliphatic carbocycles. The molecule has 6 nitrogen and oxygen atoms in total. The van der Waals surface area contributed by atoms with Crippen molar-refractivity contribution in [1.82, 2.24) is 29.0 Å². The monoisotopic (exact) mass is 336 g/mol. The van der Waals surface area contributed by atoms with E-state index in [4.69, 9.17) is 4.98 Å². The lowest BCUT2D eigenvalue weighted by Gasteiger charge is -1.98. The van der Waals surface area contributed by atoms with Crippen molar-refractivity contribution in [2.24, 2.45) is 0 Å². The van der Waals surface area contributed by atoms with E-state index < -0.39 is 0 Å². The lowest BCUT2D eigenvalue weighted by atomic mass is 10.2. The van der Waals surface area contributed by atoms with Crippen LogP contribution in [0.1, 0.15) is 46.9 Å². The van der Waals surface area contributed by atoms with Gasteiger partial charge < -0.3 is 4.40 Å². The van der Waals surface area contributed by atoms with E-state index in [1.54, 1.807) is 6.20 Å². The van der Waals surface area contributed by atoms with Gasteiger partial charge in [0.1, 0.15) is 11.5 Å². The van der Waals surface area contributed by atoms with Crippen LogP contribution in [0, 0.1) is 26.6 Å². The zero-order chi connectivity index (χ0) is 17.3. The molecule has 5 rings (SSSR count). The Kier molecular flexibility index (Phi) is 2.81. The predicted molar refractivity (Wildman–Crippen MR) is 90.2 cm³/mol. The van der Waals surface area contributed by atoms with Crippen LogP contribution in [0.25, 0.3) is 11.3 Å². The molecule has 0 unspecified atom stereocenters. The number of fused-ring (bicyclic) bond motifs is 2. The molecule has 7 heteroatoms. The highest BCUT2D eigenvalue weighted by molar-refractivity contribution is 5.48. The molecule has 4 aromatic heterocycles. The number of aryl methyl sites for hydroxylation is 3. The number of rotatable bonds is 2. The van der Waals surface area contributed by atoms with E-state index in [0.29, 0.717) is 5.65 Å². The maximum atomic E-state index is 13.4. The maximum Gasteiger partial charge on any atom is 0.177 e. The zero-order valence-electron chi connectivity index (χ0n) is 14.2. The van der Waals surface area contributed by atoms with E-state index in [2.05, 4.69) is 15.1 Å². The fourth-order valence-electron chi connectivity index (χ4n) is 3.56. The number of hydrogen-bond donors (Lipinski definition) is 0. The molecule has 0 radical (unpaired) electrons. The first-order valence-corrected chi connectivity index (χ1v) is 8.36. The molecule has 0 bridgehead atoms. The van der Waals surface area contributed by atoms with Gasteiger partial charge in [-0.15, -0.1) is 0 Å². The molecule has 1 fully saturated rings. The van der Waals surface area contributed by atoms with Gasteiger partial charge in [-0.05, 0) is 33.3 Å². The van der Waals surface area contributed by atoms with Crippen molar-refractivity contribution in [2.45, 2.75) is 39.0 Å². The largest absolute Gasteiger partial charge is 0.304 e. The molecule has 2 atom stereocenters. The SMILES string of the molecule is Cc1ncc(C)n2nc([C@@H]3C[C@H]3c3nc4cc(F)ccn4c3C)nc12. The van der Waals surface area contributed by atoms with Crippen LogP contribution in [0.5, 0.6) is 0 Å². The maximum absolute atomic E-state index is 13.4.